The third kappa shape index (κ3) is 5.00. The Bertz CT molecular complexity index is 2940. The second-order valence-electron chi connectivity index (χ2n) is 18.2. The Balaban J connectivity index is 0.982. The maximum Gasteiger partial charge on any atom is 0.163 e. The van der Waals surface area contributed by atoms with E-state index >= 15 is 0 Å². The zero-order valence-electron chi connectivity index (χ0n) is 33.4. The lowest BCUT2D eigenvalue weighted by molar-refractivity contribution is -0.00938. The highest BCUT2D eigenvalue weighted by Gasteiger charge is 2.54. The summed E-state index contributed by atoms with van der Waals surface area (Å²) in [5.74, 6) is 6.61. The molecule has 4 fully saturated rings. The molecule has 4 nitrogen and oxygen atoms in total. The SMILES string of the molecule is c1ccc(-c2cccc(-c3nc(-c4cccc(-c5cccc6c5Oc5ccccc5C65c6ccccc6-c6ccccc65)c4)nc(C45CC6C[C@H](C4)C[C@@H](C6)C5)n3)c2)cc1. The molecule has 60 heavy (non-hydrogen) atoms. The van der Waals surface area contributed by atoms with Gasteiger partial charge in [0.1, 0.15) is 17.3 Å². The third-order valence-corrected chi connectivity index (χ3v) is 14.7. The number of fused-ring (bicyclic) bond motifs is 9. The quantitative estimate of drug-likeness (QED) is 0.175. The number of aromatic nitrogens is 3. The van der Waals surface area contributed by atoms with Crippen LogP contribution in [0.4, 0.5) is 0 Å². The predicted octanol–water partition coefficient (Wildman–Crippen LogP) is 13.5. The number of hydrogen-bond acceptors (Lipinski definition) is 4. The number of para-hydroxylation sites is 2. The molecule has 0 atom stereocenters. The maximum atomic E-state index is 7.07. The highest BCUT2D eigenvalue weighted by Crippen LogP contribution is 2.63. The van der Waals surface area contributed by atoms with Crippen LogP contribution in [-0.4, -0.2) is 15.0 Å². The van der Waals surface area contributed by atoms with Gasteiger partial charge < -0.3 is 4.74 Å². The summed E-state index contributed by atoms with van der Waals surface area (Å²) >= 11 is 0. The van der Waals surface area contributed by atoms with Crippen molar-refractivity contribution in [2.24, 2.45) is 17.8 Å². The number of rotatable bonds is 5. The fourth-order valence-electron chi connectivity index (χ4n) is 12.7. The van der Waals surface area contributed by atoms with Gasteiger partial charge in [-0.15, -0.1) is 0 Å². The van der Waals surface area contributed by atoms with Crippen molar-refractivity contribution in [2.75, 3.05) is 0 Å². The van der Waals surface area contributed by atoms with Crippen LogP contribution in [0.25, 0.3) is 56.2 Å². The summed E-state index contributed by atoms with van der Waals surface area (Å²) < 4.78 is 7.07. The Morgan fingerprint density at radius 3 is 1.55 bits per heavy atom. The van der Waals surface area contributed by atoms with E-state index in [4.69, 9.17) is 19.7 Å². The lowest BCUT2D eigenvalue weighted by atomic mass is 9.49. The molecule has 1 aliphatic heterocycles. The Labute approximate surface area is 351 Å². The van der Waals surface area contributed by atoms with Crippen molar-refractivity contribution in [3.63, 3.8) is 0 Å². The van der Waals surface area contributed by atoms with Gasteiger partial charge in [0, 0.05) is 33.2 Å². The molecule has 4 saturated carbocycles. The van der Waals surface area contributed by atoms with E-state index in [0.29, 0.717) is 0 Å². The largest absolute Gasteiger partial charge is 0.456 e. The van der Waals surface area contributed by atoms with Crippen molar-refractivity contribution in [1.82, 2.24) is 15.0 Å². The first kappa shape index (κ1) is 34.2. The zero-order valence-corrected chi connectivity index (χ0v) is 33.4. The maximum absolute atomic E-state index is 7.07. The van der Waals surface area contributed by atoms with Crippen LogP contribution in [-0.2, 0) is 10.8 Å². The number of ether oxygens (including phenoxy) is 1. The number of benzene rings is 7. The molecule has 4 heteroatoms. The molecule has 5 aliphatic carbocycles. The summed E-state index contributed by atoms with van der Waals surface area (Å²) in [5, 5.41) is 0. The molecule has 0 amide bonds. The molecule has 8 aromatic rings. The first-order valence-corrected chi connectivity index (χ1v) is 21.8. The van der Waals surface area contributed by atoms with E-state index in [-0.39, 0.29) is 5.41 Å². The minimum Gasteiger partial charge on any atom is -0.456 e. The number of hydrogen-bond donors (Lipinski definition) is 0. The second-order valence-corrected chi connectivity index (χ2v) is 18.2. The van der Waals surface area contributed by atoms with E-state index in [1.54, 1.807) is 0 Å². The molecule has 0 N–H and O–H groups in total. The average molecular weight is 774 g/mol. The van der Waals surface area contributed by atoms with Crippen molar-refractivity contribution < 1.29 is 4.74 Å². The minimum atomic E-state index is -0.519. The average Bonchev–Trinajstić information content (AvgIpc) is 3.59. The Morgan fingerprint density at radius 1 is 0.400 bits per heavy atom. The molecule has 0 radical (unpaired) electrons. The van der Waals surface area contributed by atoms with Crippen LogP contribution in [0, 0.1) is 17.8 Å². The molecule has 6 aliphatic rings. The third-order valence-electron chi connectivity index (χ3n) is 14.7. The standard InChI is InChI=1S/C56H43N3O/c1-2-13-38(14-3-1)39-15-10-17-41(30-39)52-57-53(59-54(58-52)55-32-35-27-36(33-55)29-37(28-35)34-55)42-18-11-16-40(31-42)43-21-12-25-49-51(43)60-50-26-9-8-24-48(50)56(49)46-22-6-4-19-44(46)45-20-5-7-23-47(45)56/h1-26,30-31,35-37H,27-29,32-34H2/t35-,36+,37?,55?. The second kappa shape index (κ2) is 12.9. The van der Waals surface area contributed by atoms with Gasteiger partial charge in [0.2, 0.25) is 0 Å². The first-order valence-electron chi connectivity index (χ1n) is 21.8. The molecule has 1 spiro atoms. The van der Waals surface area contributed by atoms with Gasteiger partial charge in [-0.05, 0) is 113 Å². The molecule has 14 rings (SSSR count). The topological polar surface area (TPSA) is 47.9 Å². The van der Waals surface area contributed by atoms with E-state index in [0.717, 1.165) is 80.1 Å². The van der Waals surface area contributed by atoms with Crippen LogP contribution in [0.15, 0.2) is 170 Å². The van der Waals surface area contributed by atoms with Gasteiger partial charge in [-0.25, -0.2) is 15.0 Å². The molecule has 2 heterocycles. The van der Waals surface area contributed by atoms with E-state index < -0.39 is 5.41 Å². The van der Waals surface area contributed by atoms with E-state index in [9.17, 15) is 0 Å². The molecular formula is C56H43N3O. The van der Waals surface area contributed by atoms with Gasteiger partial charge >= 0.3 is 0 Å². The highest BCUT2D eigenvalue weighted by molar-refractivity contribution is 5.90. The lowest BCUT2D eigenvalue weighted by Gasteiger charge is -2.56. The number of nitrogens with zero attached hydrogens (tertiary/aromatic N) is 3. The van der Waals surface area contributed by atoms with E-state index in [1.807, 2.05) is 0 Å². The molecular weight excluding hydrogens is 731 g/mol. The van der Waals surface area contributed by atoms with Crippen molar-refractivity contribution >= 4 is 0 Å². The van der Waals surface area contributed by atoms with Gasteiger partial charge in [0.15, 0.2) is 11.6 Å². The van der Waals surface area contributed by atoms with Crippen molar-refractivity contribution in [2.45, 2.75) is 49.4 Å². The summed E-state index contributed by atoms with van der Waals surface area (Å²) in [6.45, 7) is 0. The Hall–Kier alpha value is -6.65. The summed E-state index contributed by atoms with van der Waals surface area (Å²) in [5.41, 5.74) is 13.4. The summed E-state index contributed by atoms with van der Waals surface area (Å²) in [4.78, 5) is 16.3. The smallest absolute Gasteiger partial charge is 0.163 e. The molecule has 0 saturated heterocycles. The van der Waals surface area contributed by atoms with Gasteiger partial charge in [-0.3, -0.25) is 0 Å². The van der Waals surface area contributed by atoms with Crippen LogP contribution in [0.5, 0.6) is 11.5 Å². The predicted molar refractivity (Wildman–Crippen MR) is 239 cm³/mol. The minimum absolute atomic E-state index is 0.0117. The van der Waals surface area contributed by atoms with E-state index in [1.165, 1.54) is 71.9 Å². The fraction of sp³-hybridized carbons (Fsp3) is 0.196. The molecule has 7 aromatic carbocycles. The summed E-state index contributed by atoms with van der Waals surface area (Å²) in [7, 11) is 0. The van der Waals surface area contributed by atoms with Gasteiger partial charge in [-0.2, -0.15) is 0 Å². The van der Waals surface area contributed by atoms with Crippen molar-refractivity contribution in [3.8, 4) is 67.7 Å². The molecule has 4 bridgehead atoms. The van der Waals surface area contributed by atoms with Gasteiger partial charge in [-0.1, -0.05) is 152 Å². The monoisotopic (exact) mass is 773 g/mol. The van der Waals surface area contributed by atoms with Crippen LogP contribution in [0.2, 0.25) is 0 Å². The Morgan fingerprint density at radius 2 is 0.883 bits per heavy atom. The van der Waals surface area contributed by atoms with Gasteiger partial charge in [0.05, 0.1) is 5.41 Å². The highest BCUT2D eigenvalue weighted by atomic mass is 16.5. The molecule has 0 unspecified atom stereocenters. The lowest BCUT2D eigenvalue weighted by Crippen LogP contribution is -2.49. The van der Waals surface area contributed by atoms with Crippen molar-refractivity contribution in [3.05, 3.63) is 198 Å². The first-order chi connectivity index (χ1) is 29.6. The molecule has 288 valence electrons. The fourth-order valence-corrected chi connectivity index (χ4v) is 12.7. The van der Waals surface area contributed by atoms with Crippen LogP contribution in [0.3, 0.4) is 0 Å². The Kier molecular flexibility index (Phi) is 7.37. The van der Waals surface area contributed by atoms with Crippen LogP contribution >= 0.6 is 0 Å². The molecule has 1 aromatic heterocycles. The normalized spacial score (nSPS) is 22.1. The van der Waals surface area contributed by atoms with Gasteiger partial charge in [0.25, 0.3) is 0 Å². The zero-order chi connectivity index (χ0) is 39.4. The van der Waals surface area contributed by atoms with Crippen LogP contribution in [0.1, 0.15) is 66.6 Å². The van der Waals surface area contributed by atoms with Crippen molar-refractivity contribution in [1.29, 1.82) is 0 Å². The van der Waals surface area contributed by atoms with Crippen LogP contribution < -0.4 is 4.74 Å². The summed E-state index contributed by atoms with van der Waals surface area (Å²) in [6, 6.07) is 61.2. The summed E-state index contributed by atoms with van der Waals surface area (Å²) in [6.07, 6.45) is 7.69. The van der Waals surface area contributed by atoms with E-state index in [2.05, 4.69) is 170 Å².